The summed E-state index contributed by atoms with van der Waals surface area (Å²) in [6, 6.07) is 0. The first kappa shape index (κ1) is 11.6. The summed E-state index contributed by atoms with van der Waals surface area (Å²) < 4.78 is 63.9. The van der Waals surface area contributed by atoms with E-state index in [2.05, 4.69) is 18.1 Å². The minimum absolute atomic E-state index is 0.291. The highest BCUT2D eigenvalue weighted by atomic mass is 31.2. The Labute approximate surface area is 84.1 Å². The fraction of sp³-hybridized carbons (Fsp3) is 1.00. The third-order valence-electron chi connectivity index (χ3n) is 2.10. The van der Waals surface area contributed by atoms with E-state index in [-0.39, 0.29) is 26.4 Å². The monoisotopic (exact) mass is 264 g/mol. The molecule has 0 atom stereocenters. The van der Waals surface area contributed by atoms with Crippen molar-refractivity contribution in [3.05, 3.63) is 0 Å². The Bertz CT molecular complexity index is 298. The van der Waals surface area contributed by atoms with Crippen molar-refractivity contribution in [2.45, 2.75) is 0 Å². The predicted octanol–water partition coefficient (Wildman–Crippen LogP) is 2.22. The molecule has 2 aliphatic rings. The number of hydrogen-bond acceptors (Lipinski definition) is 6. The van der Waals surface area contributed by atoms with Crippen LogP contribution in [0.15, 0.2) is 0 Å². The second kappa shape index (κ2) is 3.58. The van der Waals surface area contributed by atoms with Crippen LogP contribution in [0.25, 0.3) is 0 Å². The second-order valence-corrected chi connectivity index (χ2v) is 6.21. The van der Waals surface area contributed by atoms with Gasteiger partial charge in [-0.3, -0.25) is 18.1 Å². The lowest BCUT2D eigenvalue weighted by atomic mass is 9.93. The minimum Gasteiger partial charge on any atom is -0.283 e. The molecule has 0 aromatic heterocycles. The topological polar surface area (TPSA) is 71.1 Å². The molecule has 10 heteroatoms. The summed E-state index contributed by atoms with van der Waals surface area (Å²) in [6.45, 7) is -1.16. The smallest absolute Gasteiger partial charge is 0.283 e. The average molecular weight is 264 g/mol. The molecule has 88 valence electrons. The molecule has 0 unspecified atom stereocenters. The Morgan fingerprint density at radius 3 is 1.33 bits per heavy atom. The summed E-state index contributed by atoms with van der Waals surface area (Å²) in [7, 11) is -8.97. The first-order valence-corrected chi connectivity index (χ1v) is 6.87. The van der Waals surface area contributed by atoms with Gasteiger partial charge in [0.05, 0.1) is 31.8 Å². The molecular weight excluding hydrogens is 256 g/mol. The Hall–Kier alpha value is 0.160. The van der Waals surface area contributed by atoms with Gasteiger partial charge in [-0.05, 0) is 0 Å². The van der Waals surface area contributed by atoms with Crippen molar-refractivity contribution in [3.63, 3.8) is 0 Å². The van der Waals surface area contributed by atoms with Crippen molar-refractivity contribution in [1.29, 1.82) is 0 Å². The van der Waals surface area contributed by atoms with E-state index >= 15 is 0 Å². The highest BCUT2D eigenvalue weighted by Crippen LogP contribution is 2.60. The summed E-state index contributed by atoms with van der Waals surface area (Å²) in [5.74, 6) is 0. The minimum atomic E-state index is -4.49. The normalized spacial score (nSPS) is 51.9. The Balaban J connectivity index is 2.01. The van der Waals surface area contributed by atoms with Gasteiger partial charge in [-0.2, -0.15) is 0 Å². The zero-order valence-electron chi connectivity index (χ0n) is 7.43. The molecule has 0 aliphatic carbocycles. The Morgan fingerprint density at radius 1 is 0.800 bits per heavy atom. The van der Waals surface area contributed by atoms with Crippen LogP contribution in [-0.2, 0) is 27.2 Å². The lowest BCUT2D eigenvalue weighted by Crippen LogP contribution is -2.44. The molecule has 2 heterocycles. The Morgan fingerprint density at radius 2 is 1.07 bits per heavy atom. The Kier molecular flexibility index (Phi) is 2.78. The van der Waals surface area contributed by atoms with E-state index in [1.165, 1.54) is 0 Å². The van der Waals surface area contributed by atoms with Crippen LogP contribution in [0.4, 0.5) is 8.39 Å². The van der Waals surface area contributed by atoms with Crippen LogP contribution in [0, 0.1) is 5.41 Å². The molecule has 2 saturated heterocycles. The summed E-state index contributed by atoms with van der Waals surface area (Å²) in [4.78, 5) is 0. The molecule has 15 heavy (non-hydrogen) atoms. The summed E-state index contributed by atoms with van der Waals surface area (Å²) >= 11 is 0. The number of hydrogen-bond donors (Lipinski definition) is 0. The van der Waals surface area contributed by atoms with E-state index in [0.29, 0.717) is 0 Å². The third kappa shape index (κ3) is 2.64. The fourth-order valence-corrected chi connectivity index (χ4v) is 3.04. The van der Waals surface area contributed by atoms with Crippen molar-refractivity contribution in [1.82, 2.24) is 0 Å². The van der Waals surface area contributed by atoms with Crippen LogP contribution in [0.1, 0.15) is 0 Å². The maximum Gasteiger partial charge on any atom is 0.513 e. The van der Waals surface area contributed by atoms with Gasteiger partial charge in [-0.15, -0.1) is 8.39 Å². The molecule has 6 nitrogen and oxygen atoms in total. The molecule has 0 radical (unpaired) electrons. The third-order valence-corrected chi connectivity index (χ3v) is 3.85. The van der Waals surface area contributed by atoms with Gasteiger partial charge in [0, 0.05) is 0 Å². The van der Waals surface area contributed by atoms with E-state index in [4.69, 9.17) is 0 Å². The summed E-state index contributed by atoms with van der Waals surface area (Å²) in [6.07, 6.45) is 0. The molecule has 2 fully saturated rings. The van der Waals surface area contributed by atoms with Gasteiger partial charge in [0.25, 0.3) is 0 Å². The average Bonchev–Trinajstić information content (AvgIpc) is 2.15. The van der Waals surface area contributed by atoms with E-state index in [0.717, 1.165) is 0 Å². The molecule has 0 bridgehead atoms. The SMILES string of the molecule is O=P1(F)OCC2(CO1)COP(=O)(F)OC2. The van der Waals surface area contributed by atoms with Gasteiger partial charge < -0.3 is 0 Å². The van der Waals surface area contributed by atoms with Crippen molar-refractivity contribution >= 4 is 15.8 Å². The zero-order chi connectivity index (χ0) is 11.2. The van der Waals surface area contributed by atoms with Crippen molar-refractivity contribution in [2.75, 3.05) is 26.4 Å². The fourth-order valence-electron chi connectivity index (χ4n) is 1.18. The van der Waals surface area contributed by atoms with Crippen molar-refractivity contribution < 1.29 is 35.6 Å². The molecular formula is C5H8F2O6P2. The van der Waals surface area contributed by atoms with Gasteiger partial charge in [0.15, 0.2) is 0 Å². The van der Waals surface area contributed by atoms with Crippen LogP contribution in [0.2, 0.25) is 0 Å². The second-order valence-electron chi connectivity index (χ2n) is 3.46. The van der Waals surface area contributed by atoms with E-state index in [9.17, 15) is 17.5 Å². The lowest BCUT2D eigenvalue weighted by molar-refractivity contribution is -0.0799. The molecule has 1 spiro atoms. The number of rotatable bonds is 0. The van der Waals surface area contributed by atoms with Crippen LogP contribution in [0.5, 0.6) is 0 Å². The molecule has 0 aromatic carbocycles. The van der Waals surface area contributed by atoms with Crippen molar-refractivity contribution in [2.24, 2.45) is 5.41 Å². The van der Waals surface area contributed by atoms with Gasteiger partial charge in [-0.25, -0.2) is 9.13 Å². The maximum absolute atomic E-state index is 12.7. The van der Waals surface area contributed by atoms with Gasteiger partial charge in [0.1, 0.15) is 0 Å². The van der Waals surface area contributed by atoms with Crippen LogP contribution < -0.4 is 0 Å². The van der Waals surface area contributed by atoms with Crippen LogP contribution in [0.3, 0.4) is 0 Å². The van der Waals surface area contributed by atoms with Gasteiger partial charge in [0.2, 0.25) is 0 Å². The molecule has 0 amide bonds. The predicted molar refractivity (Wildman–Crippen MR) is 43.7 cm³/mol. The summed E-state index contributed by atoms with van der Waals surface area (Å²) in [5.41, 5.74) is -0.944. The van der Waals surface area contributed by atoms with Crippen molar-refractivity contribution in [3.8, 4) is 0 Å². The molecule has 0 aromatic rings. The van der Waals surface area contributed by atoms with Gasteiger partial charge >= 0.3 is 15.8 Å². The van der Waals surface area contributed by atoms with Crippen LogP contribution in [-0.4, -0.2) is 26.4 Å². The van der Waals surface area contributed by atoms with E-state index in [1.807, 2.05) is 0 Å². The molecule has 0 N–H and O–H groups in total. The highest BCUT2D eigenvalue weighted by Gasteiger charge is 2.49. The summed E-state index contributed by atoms with van der Waals surface area (Å²) in [5, 5.41) is 0. The first-order valence-electron chi connectivity index (χ1n) is 4.00. The highest BCUT2D eigenvalue weighted by molar-refractivity contribution is 7.48. The molecule has 0 saturated carbocycles. The standard InChI is InChI=1S/C5H8F2O6P2/c6-14(8)10-1-5(2-11-14)3-12-15(7,9)13-4-5/h1-4H2. The van der Waals surface area contributed by atoms with Gasteiger partial charge in [-0.1, -0.05) is 0 Å². The zero-order valence-corrected chi connectivity index (χ0v) is 9.22. The molecule has 2 rings (SSSR count). The lowest BCUT2D eigenvalue weighted by Gasteiger charge is -2.39. The molecule has 2 aliphatic heterocycles. The van der Waals surface area contributed by atoms with E-state index in [1.54, 1.807) is 0 Å². The van der Waals surface area contributed by atoms with E-state index < -0.39 is 21.2 Å². The van der Waals surface area contributed by atoms with Crippen LogP contribution >= 0.6 is 15.8 Å². The first-order chi connectivity index (χ1) is 6.83. The quantitative estimate of drug-likeness (QED) is 0.624. The maximum atomic E-state index is 12.7. The largest absolute Gasteiger partial charge is 0.513 e. The number of halogens is 2.